The normalized spacial score (nSPS) is 17.8. The molecule has 3 rings (SSSR count). The average molecular weight is 335 g/mol. The Morgan fingerprint density at radius 1 is 0.840 bits per heavy atom. The van der Waals surface area contributed by atoms with Gasteiger partial charge in [0.2, 0.25) is 0 Å². The monoisotopic (exact) mass is 334 g/mol. The van der Waals surface area contributed by atoms with E-state index in [2.05, 4.69) is 58.9 Å². The molecule has 0 aliphatic heterocycles. The number of aryl methyl sites for hydroxylation is 1. The van der Waals surface area contributed by atoms with Gasteiger partial charge < -0.3 is 0 Å². The molecule has 2 aromatic rings. The number of ketones is 1. The summed E-state index contributed by atoms with van der Waals surface area (Å²) in [5.74, 6) is 0.130. The summed E-state index contributed by atoms with van der Waals surface area (Å²) in [7, 11) is 0. The van der Waals surface area contributed by atoms with E-state index in [1.807, 2.05) is 18.2 Å². The average Bonchev–Trinajstić information content (AvgIpc) is 2.59. The third-order valence-corrected chi connectivity index (χ3v) is 5.87. The van der Waals surface area contributed by atoms with Crippen molar-refractivity contribution in [2.75, 3.05) is 0 Å². The Bertz CT molecular complexity index is 778. The number of hydrogen-bond donors (Lipinski definition) is 0. The largest absolute Gasteiger partial charge is 0.289 e. The van der Waals surface area contributed by atoms with Crippen LogP contribution in [0.3, 0.4) is 0 Å². The molecule has 0 N–H and O–H groups in total. The van der Waals surface area contributed by atoms with Crippen LogP contribution >= 0.6 is 0 Å². The van der Waals surface area contributed by atoms with E-state index in [1.54, 1.807) is 0 Å². The van der Waals surface area contributed by atoms with Crippen LogP contribution in [0.15, 0.2) is 42.5 Å². The summed E-state index contributed by atoms with van der Waals surface area (Å²) in [6.45, 7) is 11.4. The maximum atomic E-state index is 13.0. The zero-order valence-electron chi connectivity index (χ0n) is 16.3. The van der Waals surface area contributed by atoms with Crippen molar-refractivity contribution in [2.45, 2.75) is 71.1 Å². The molecule has 0 saturated heterocycles. The molecule has 0 bridgehead atoms. The minimum absolute atomic E-state index is 0.130. The minimum atomic E-state index is 0.130. The second kappa shape index (κ2) is 6.44. The molecule has 0 amide bonds. The highest BCUT2D eigenvalue weighted by molar-refractivity contribution is 6.09. The molecule has 0 unspecified atom stereocenters. The fraction of sp³-hybridized carbons (Fsp3) is 0.458. The van der Waals surface area contributed by atoms with Crippen molar-refractivity contribution in [1.29, 1.82) is 0 Å². The number of rotatable bonds is 4. The standard InChI is InChI=1S/C24H30O/c1-6-7-17-8-10-18(11-9-17)22(25)19-12-13-20-21(16-19)24(4,5)15-14-23(20,2)3/h8-13,16H,6-7,14-15H2,1-5H3. The maximum absolute atomic E-state index is 13.0. The van der Waals surface area contributed by atoms with Gasteiger partial charge in [-0.3, -0.25) is 4.79 Å². The van der Waals surface area contributed by atoms with Crippen molar-refractivity contribution in [2.24, 2.45) is 0 Å². The first-order chi connectivity index (χ1) is 11.7. The van der Waals surface area contributed by atoms with Crippen LogP contribution in [0, 0.1) is 0 Å². The van der Waals surface area contributed by atoms with Crippen LogP contribution in [0.4, 0.5) is 0 Å². The second-order valence-electron chi connectivity index (χ2n) is 8.80. The molecule has 2 aromatic carbocycles. The quantitative estimate of drug-likeness (QED) is 0.607. The molecule has 0 fully saturated rings. The summed E-state index contributed by atoms with van der Waals surface area (Å²) in [6.07, 6.45) is 4.55. The van der Waals surface area contributed by atoms with E-state index in [-0.39, 0.29) is 16.6 Å². The topological polar surface area (TPSA) is 17.1 Å². The SMILES string of the molecule is CCCc1ccc(C(=O)c2ccc3c(c2)C(C)(C)CCC3(C)C)cc1. The summed E-state index contributed by atoms with van der Waals surface area (Å²) >= 11 is 0. The summed E-state index contributed by atoms with van der Waals surface area (Å²) < 4.78 is 0. The molecular weight excluding hydrogens is 304 g/mol. The molecular formula is C24H30O. The van der Waals surface area contributed by atoms with Crippen molar-refractivity contribution in [3.05, 3.63) is 70.3 Å². The Labute approximate surface area is 152 Å². The van der Waals surface area contributed by atoms with Crippen LogP contribution in [-0.2, 0) is 17.3 Å². The van der Waals surface area contributed by atoms with Gasteiger partial charge in [-0.2, -0.15) is 0 Å². The number of carbonyl (C=O) groups excluding carboxylic acids is 1. The summed E-state index contributed by atoms with van der Waals surface area (Å²) in [6, 6.07) is 14.5. The lowest BCUT2D eigenvalue weighted by molar-refractivity contribution is 0.103. The van der Waals surface area contributed by atoms with Crippen molar-refractivity contribution in [3.63, 3.8) is 0 Å². The van der Waals surface area contributed by atoms with Crippen LogP contribution in [0.1, 0.15) is 86.5 Å². The van der Waals surface area contributed by atoms with Gasteiger partial charge in [-0.25, -0.2) is 0 Å². The summed E-state index contributed by atoms with van der Waals surface area (Å²) in [5, 5.41) is 0. The van der Waals surface area contributed by atoms with Crippen molar-refractivity contribution in [3.8, 4) is 0 Å². The number of carbonyl (C=O) groups is 1. The molecule has 0 atom stereocenters. The Morgan fingerprint density at radius 2 is 1.40 bits per heavy atom. The Balaban J connectivity index is 1.97. The van der Waals surface area contributed by atoms with Gasteiger partial charge >= 0.3 is 0 Å². The molecule has 1 heteroatoms. The lowest BCUT2D eigenvalue weighted by atomic mass is 9.63. The van der Waals surface area contributed by atoms with Crippen molar-refractivity contribution >= 4 is 5.78 Å². The first-order valence-electron chi connectivity index (χ1n) is 9.53. The van der Waals surface area contributed by atoms with E-state index in [0.29, 0.717) is 0 Å². The van der Waals surface area contributed by atoms with E-state index in [4.69, 9.17) is 0 Å². The molecule has 0 radical (unpaired) electrons. The van der Waals surface area contributed by atoms with Gasteiger partial charge in [-0.05, 0) is 52.8 Å². The molecule has 1 aliphatic carbocycles. The van der Waals surface area contributed by atoms with Gasteiger partial charge in [-0.1, -0.05) is 77.4 Å². The smallest absolute Gasteiger partial charge is 0.193 e. The molecule has 25 heavy (non-hydrogen) atoms. The van der Waals surface area contributed by atoms with Gasteiger partial charge in [0.05, 0.1) is 0 Å². The highest BCUT2D eigenvalue weighted by atomic mass is 16.1. The van der Waals surface area contributed by atoms with Crippen molar-refractivity contribution < 1.29 is 4.79 Å². The van der Waals surface area contributed by atoms with Gasteiger partial charge in [0.25, 0.3) is 0 Å². The molecule has 132 valence electrons. The lowest BCUT2D eigenvalue weighted by Gasteiger charge is -2.42. The fourth-order valence-electron chi connectivity index (χ4n) is 4.01. The molecule has 0 saturated carbocycles. The summed E-state index contributed by atoms with van der Waals surface area (Å²) in [5.41, 5.74) is 5.96. The third-order valence-electron chi connectivity index (χ3n) is 5.87. The molecule has 0 spiro atoms. The number of hydrogen-bond acceptors (Lipinski definition) is 1. The highest BCUT2D eigenvalue weighted by Crippen LogP contribution is 2.46. The third kappa shape index (κ3) is 3.42. The van der Waals surface area contributed by atoms with Crippen LogP contribution in [-0.4, -0.2) is 5.78 Å². The van der Waals surface area contributed by atoms with E-state index in [1.165, 1.54) is 23.1 Å². The van der Waals surface area contributed by atoms with E-state index < -0.39 is 0 Å². The first kappa shape index (κ1) is 17.9. The molecule has 1 nitrogen and oxygen atoms in total. The molecule has 1 aliphatic rings. The Morgan fingerprint density at radius 3 is 2.00 bits per heavy atom. The van der Waals surface area contributed by atoms with Gasteiger partial charge in [-0.15, -0.1) is 0 Å². The zero-order chi connectivity index (χ0) is 18.2. The van der Waals surface area contributed by atoms with E-state index in [9.17, 15) is 4.79 Å². The minimum Gasteiger partial charge on any atom is -0.289 e. The van der Waals surface area contributed by atoms with E-state index in [0.717, 1.165) is 30.4 Å². The van der Waals surface area contributed by atoms with Crippen LogP contribution < -0.4 is 0 Å². The van der Waals surface area contributed by atoms with Crippen molar-refractivity contribution in [1.82, 2.24) is 0 Å². The predicted molar refractivity (Wildman–Crippen MR) is 106 cm³/mol. The molecule has 0 aromatic heterocycles. The van der Waals surface area contributed by atoms with Gasteiger partial charge in [0.1, 0.15) is 0 Å². The van der Waals surface area contributed by atoms with Crippen LogP contribution in [0.25, 0.3) is 0 Å². The zero-order valence-corrected chi connectivity index (χ0v) is 16.3. The number of fused-ring (bicyclic) bond motifs is 1. The van der Waals surface area contributed by atoms with Gasteiger partial charge in [0.15, 0.2) is 5.78 Å². The fourth-order valence-corrected chi connectivity index (χ4v) is 4.01. The Hall–Kier alpha value is -1.89. The maximum Gasteiger partial charge on any atom is 0.193 e. The van der Waals surface area contributed by atoms with Gasteiger partial charge in [0, 0.05) is 11.1 Å². The highest BCUT2D eigenvalue weighted by Gasteiger charge is 2.37. The summed E-state index contributed by atoms with van der Waals surface area (Å²) in [4.78, 5) is 13.0. The van der Waals surface area contributed by atoms with Crippen LogP contribution in [0.2, 0.25) is 0 Å². The predicted octanol–water partition coefficient (Wildman–Crippen LogP) is 6.22. The lowest BCUT2D eigenvalue weighted by Crippen LogP contribution is -2.34. The van der Waals surface area contributed by atoms with E-state index >= 15 is 0 Å². The molecule has 0 heterocycles. The first-order valence-corrected chi connectivity index (χ1v) is 9.53. The second-order valence-corrected chi connectivity index (χ2v) is 8.80. The van der Waals surface area contributed by atoms with Crippen LogP contribution in [0.5, 0.6) is 0 Å². The number of benzene rings is 2. The Kier molecular flexibility index (Phi) is 4.62.